The molecule has 0 bridgehead atoms. The van der Waals surface area contributed by atoms with Gasteiger partial charge in [0.15, 0.2) is 6.61 Å². The maximum absolute atomic E-state index is 12.5. The van der Waals surface area contributed by atoms with Gasteiger partial charge in [0.1, 0.15) is 17.3 Å². The van der Waals surface area contributed by atoms with E-state index in [1.54, 1.807) is 6.20 Å². The largest absolute Gasteiger partial charge is 0.484 e. The second-order valence-corrected chi connectivity index (χ2v) is 8.31. The van der Waals surface area contributed by atoms with E-state index in [4.69, 9.17) is 4.74 Å². The lowest BCUT2D eigenvalue weighted by molar-refractivity contribution is -0.135. The Kier molecular flexibility index (Phi) is 6.25. The highest BCUT2D eigenvalue weighted by Gasteiger charge is 2.35. The second kappa shape index (κ2) is 8.68. The van der Waals surface area contributed by atoms with Crippen molar-refractivity contribution in [3.8, 4) is 5.75 Å². The summed E-state index contributed by atoms with van der Waals surface area (Å²) in [6.45, 7) is 9.29. The van der Waals surface area contributed by atoms with Gasteiger partial charge in [-0.1, -0.05) is 17.7 Å². The van der Waals surface area contributed by atoms with Crippen LogP contribution in [0.2, 0.25) is 0 Å². The summed E-state index contributed by atoms with van der Waals surface area (Å²) in [5.74, 6) is 1.56. The SMILES string of the molecule is Cc1ccc(OCC(=O)N2CCC(C(C)(C)NC(=O)c3cnc(C)[nH]3)CC2)cc1. The molecule has 29 heavy (non-hydrogen) atoms. The number of imidazole rings is 1. The number of rotatable bonds is 6. The van der Waals surface area contributed by atoms with Gasteiger partial charge in [-0.15, -0.1) is 0 Å². The van der Waals surface area contributed by atoms with Crippen LogP contribution >= 0.6 is 0 Å². The van der Waals surface area contributed by atoms with E-state index in [1.807, 2.05) is 56.9 Å². The predicted octanol–water partition coefficient (Wildman–Crippen LogP) is 2.85. The van der Waals surface area contributed by atoms with E-state index < -0.39 is 0 Å². The fourth-order valence-corrected chi connectivity index (χ4v) is 3.72. The Bertz CT molecular complexity index is 849. The summed E-state index contributed by atoms with van der Waals surface area (Å²) in [6.07, 6.45) is 3.23. The molecule has 1 fully saturated rings. The van der Waals surface area contributed by atoms with Crippen molar-refractivity contribution in [2.45, 2.75) is 46.1 Å². The van der Waals surface area contributed by atoms with Crippen LogP contribution in [0.1, 0.15) is 48.6 Å². The molecule has 1 aliphatic rings. The van der Waals surface area contributed by atoms with Crippen LogP contribution < -0.4 is 10.1 Å². The number of aryl methyl sites for hydroxylation is 2. The van der Waals surface area contributed by atoms with E-state index in [1.165, 1.54) is 0 Å². The number of likely N-dealkylation sites (tertiary alicyclic amines) is 1. The Labute approximate surface area is 171 Å². The van der Waals surface area contributed by atoms with Crippen LogP contribution in [-0.2, 0) is 4.79 Å². The Morgan fingerprint density at radius 2 is 1.86 bits per heavy atom. The minimum Gasteiger partial charge on any atom is -0.484 e. The topological polar surface area (TPSA) is 87.3 Å². The Morgan fingerprint density at radius 1 is 1.21 bits per heavy atom. The zero-order valence-electron chi connectivity index (χ0n) is 17.6. The standard InChI is InChI=1S/C22H30N4O3/c1-15-5-7-18(8-6-15)29-14-20(27)26-11-9-17(10-12-26)22(3,4)25-21(28)19-13-23-16(2)24-19/h5-8,13,17H,9-12,14H2,1-4H3,(H,23,24)(H,25,28). The third kappa shape index (κ3) is 5.37. The molecule has 0 unspecified atom stereocenters. The van der Waals surface area contributed by atoms with Crippen molar-refractivity contribution in [3.63, 3.8) is 0 Å². The minimum absolute atomic E-state index is 0.00111. The molecule has 0 saturated carbocycles. The molecule has 1 aromatic carbocycles. The molecule has 0 atom stereocenters. The maximum Gasteiger partial charge on any atom is 0.269 e. The van der Waals surface area contributed by atoms with Gasteiger partial charge in [0.25, 0.3) is 11.8 Å². The summed E-state index contributed by atoms with van der Waals surface area (Å²) < 4.78 is 5.62. The average Bonchev–Trinajstić information content (AvgIpc) is 3.14. The molecule has 2 N–H and O–H groups in total. The number of amides is 2. The van der Waals surface area contributed by atoms with Gasteiger partial charge in [-0.2, -0.15) is 0 Å². The highest BCUT2D eigenvalue weighted by atomic mass is 16.5. The maximum atomic E-state index is 12.5. The molecule has 1 aliphatic heterocycles. The Hall–Kier alpha value is -2.83. The molecule has 0 aliphatic carbocycles. The second-order valence-electron chi connectivity index (χ2n) is 8.31. The Balaban J connectivity index is 1.47. The molecule has 0 radical (unpaired) electrons. The van der Waals surface area contributed by atoms with E-state index >= 15 is 0 Å². The first kappa shape index (κ1) is 20.9. The number of aromatic amines is 1. The summed E-state index contributed by atoms with van der Waals surface area (Å²) >= 11 is 0. The molecule has 1 aromatic heterocycles. The quantitative estimate of drug-likeness (QED) is 0.783. The summed E-state index contributed by atoms with van der Waals surface area (Å²) in [7, 11) is 0. The number of carbonyl (C=O) groups excluding carboxylic acids is 2. The number of nitrogens with one attached hydrogen (secondary N) is 2. The third-order valence-corrected chi connectivity index (χ3v) is 5.63. The number of carbonyl (C=O) groups is 2. The lowest BCUT2D eigenvalue weighted by Gasteiger charge is -2.41. The van der Waals surface area contributed by atoms with Crippen LogP contribution in [0.4, 0.5) is 0 Å². The molecule has 3 rings (SSSR count). The Morgan fingerprint density at radius 3 is 2.45 bits per heavy atom. The minimum atomic E-state index is -0.371. The number of nitrogens with zero attached hydrogens (tertiary/aromatic N) is 2. The fourth-order valence-electron chi connectivity index (χ4n) is 3.72. The van der Waals surface area contributed by atoms with E-state index in [0.717, 1.165) is 18.4 Å². The normalized spacial score (nSPS) is 15.2. The summed E-state index contributed by atoms with van der Waals surface area (Å²) in [4.78, 5) is 33.8. The van der Waals surface area contributed by atoms with E-state index in [2.05, 4.69) is 15.3 Å². The fraction of sp³-hybridized carbons (Fsp3) is 0.500. The molecule has 2 amide bonds. The van der Waals surface area contributed by atoms with Crippen LogP contribution in [0.3, 0.4) is 0 Å². The van der Waals surface area contributed by atoms with Crippen LogP contribution in [0.5, 0.6) is 5.75 Å². The molecular weight excluding hydrogens is 368 g/mol. The number of hydrogen-bond donors (Lipinski definition) is 2. The van der Waals surface area contributed by atoms with Gasteiger partial charge in [0.2, 0.25) is 0 Å². The van der Waals surface area contributed by atoms with E-state index in [-0.39, 0.29) is 29.9 Å². The van der Waals surface area contributed by atoms with Gasteiger partial charge in [0.05, 0.1) is 6.20 Å². The molecule has 0 spiro atoms. The van der Waals surface area contributed by atoms with Crippen molar-refractivity contribution >= 4 is 11.8 Å². The van der Waals surface area contributed by atoms with Crippen molar-refractivity contribution in [2.24, 2.45) is 5.92 Å². The summed E-state index contributed by atoms with van der Waals surface area (Å²) in [6, 6.07) is 7.68. The van der Waals surface area contributed by atoms with Crippen molar-refractivity contribution in [1.82, 2.24) is 20.2 Å². The number of ether oxygens (including phenoxy) is 1. The first-order valence-corrected chi connectivity index (χ1v) is 10.1. The molecule has 156 valence electrons. The van der Waals surface area contributed by atoms with Gasteiger partial charge in [-0.05, 0) is 58.6 Å². The molecule has 7 heteroatoms. The number of aromatic nitrogens is 2. The van der Waals surface area contributed by atoms with Crippen LogP contribution in [0.25, 0.3) is 0 Å². The highest BCUT2D eigenvalue weighted by molar-refractivity contribution is 5.92. The first-order chi connectivity index (χ1) is 13.7. The van der Waals surface area contributed by atoms with Gasteiger partial charge in [0, 0.05) is 18.6 Å². The predicted molar refractivity (Wildman–Crippen MR) is 111 cm³/mol. The average molecular weight is 399 g/mol. The lowest BCUT2D eigenvalue weighted by atomic mass is 9.80. The van der Waals surface area contributed by atoms with Crippen LogP contribution in [0.15, 0.2) is 30.5 Å². The van der Waals surface area contributed by atoms with E-state index in [0.29, 0.717) is 30.4 Å². The smallest absolute Gasteiger partial charge is 0.269 e. The van der Waals surface area contributed by atoms with Crippen LogP contribution in [0, 0.1) is 19.8 Å². The molecule has 2 aromatic rings. The number of H-pyrrole nitrogens is 1. The monoisotopic (exact) mass is 398 g/mol. The van der Waals surface area contributed by atoms with Crippen molar-refractivity contribution < 1.29 is 14.3 Å². The van der Waals surface area contributed by atoms with Gasteiger partial charge >= 0.3 is 0 Å². The summed E-state index contributed by atoms with van der Waals surface area (Å²) in [5.41, 5.74) is 1.25. The summed E-state index contributed by atoms with van der Waals surface area (Å²) in [5, 5.41) is 3.11. The van der Waals surface area contributed by atoms with Crippen molar-refractivity contribution in [2.75, 3.05) is 19.7 Å². The van der Waals surface area contributed by atoms with Gasteiger partial charge < -0.3 is 19.9 Å². The number of benzene rings is 1. The lowest BCUT2D eigenvalue weighted by Crippen LogP contribution is -2.53. The van der Waals surface area contributed by atoms with Gasteiger partial charge in [-0.25, -0.2) is 4.98 Å². The number of piperidine rings is 1. The van der Waals surface area contributed by atoms with E-state index in [9.17, 15) is 9.59 Å². The van der Waals surface area contributed by atoms with Crippen molar-refractivity contribution in [1.29, 1.82) is 0 Å². The molecular formula is C22H30N4O3. The van der Waals surface area contributed by atoms with Crippen LogP contribution in [-0.4, -0.2) is 51.9 Å². The van der Waals surface area contributed by atoms with Gasteiger partial charge in [-0.3, -0.25) is 9.59 Å². The van der Waals surface area contributed by atoms with Crippen molar-refractivity contribution in [3.05, 3.63) is 47.5 Å². The highest BCUT2D eigenvalue weighted by Crippen LogP contribution is 2.28. The first-order valence-electron chi connectivity index (χ1n) is 10.1. The molecule has 1 saturated heterocycles. The third-order valence-electron chi connectivity index (χ3n) is 5.63. The molecule has 7 nitrogen and oxygen atoms in total. The zero-order chi connectivity index (χ0) is 21.0. The molecule has 2 heterocycles. The zero-order valence-corrected chi connectivity index (χ0v) is 17.6. The number of hydrogen-bond acceptors (Lipinski definition) is 4.